The van der Waals surface area contributed by atoms with Crippen molar-refractivity contribution >= 4 is 27.1 Å². The van der Waals surface area contributed by atoms with Crippen LogP contribution >= 0.6 is 11.3 Å². The maximum atomic E-state index is 5.88. The third-order valence-electron chi connectivity index (χ3n) is 4.02. The van der Waals surface area contributed by atoms with Gasteiger partial charge in [0.1, 0.15) is 0 Å². The topological polar surface area (TPSA) is 38.0 Å². The predicted octanol–water partition coefficient (Wildman–Crippen LogP) is 3.83. The van der Waals surface area contributed by atoms with Crippen LogP contribution in [0.3, 0.4) is 0 Å². The fourth-order valence-electron chi connectivity index (χ4n) is 2.95. The van der Waals surface area contributed by atoms with Crippen molar-refractivity contribution in [2.75, 3.05) is 11.9 Å². The lowest BCUT2D eigenvalue weighted by Gasteiger charge is -2.32. The maximum Gasteiger partial charge on any atom is 0.0349 e. The van der Waals surface area contributed by atoms with E-state index in [1.807, 2.05) is 0 Å². The molecule has 2 unspecified atom stereocenters. The van der Waals surface area contributed by atoms with Gasteiger partial charge in [0.25, 0.3) is 0 Å². The van der Waals surface area contributed by atoms with E-state index in [4.69, 9.17) is 5.73 Å². The maximum absolute atomic E-state index is 5.88. The molecule has 2 atom stereocenters. The van der Waals surface area contributed by atoms with E-state index >= 15 is 0 Å². The molecule has 2 aromatic rings. The van der Waals surface area contributed by atoms with Gasteiger partial charge in [0.15, 0.2) is 0 Å². The molecule has 3 N–H and O–H groups in total. The van der Waals surface area contributed by atoms with Crippen LogP contribution < -0.4 is 11.1 Å². The van der Waals surface area contributed by atoms with Crippen LogP contribution in [0.1, 0.15) is 25.7 Å². The Morgan fingerprint density at radius 3 is 3.00 bits per heavy atom. The summed E-state index contributed by atoms with van der Waals surface area (Å²) in [5.41, 5.74) is 7.12. The Labute approximate surface area is 112 Å². The van der Waals surface area contributed by atoms with E-state index in [0.717, 1.165) is 6.54 Å². The highest BCUT2D eigenvalue weighted by molar-refractivity contribution is 7.17. The molecule has 0 amide bonds. The van der Waals surface area contributed by atoms with Gasteiger partial charge >= 0.3 is 0 Å². The lowest BCUT2D eigenvalue weighted by molar-refractivity contribution is 0.332. The predicted molar refractivity (Wildman–Crippen MR) is 80.2 cm³/mol. The molecule has 1 saturated carbocycles. The van der Waals surface area contributed by atoms with Crippen LogP contribution in [-0.2, 0) is 0 Å². The van der Waals surface area contributed by atoms with Crippen molar-refractivity contribution in [1.29, 1.82) is 0 Å². The number of rotatable bonds is 3. The lowest BCUT2D eigenvalue weighted by Crippen LogP contribution is -2.36. The minimum absolute atomic E-state index is 0.555. The fraction of sp³-hybridized carbons (Fsp3) is 0.467. The second kappa shape index (κ2) is 5.29. The van der Waals surface area contributed by atoms with Crippen LogP contribution in [-0.4, -0.2) is 12.6 Å². The van der Waals surface area contributed by atoms with Crippen LogP contribution in [0, 0.1) is 5.92 Å². The number of nitrogens with two attached hydrogens (primary N) is 1. The highest BCUT2D eigenvalue weighted by atomic mass is 32.1. The average molecular weight is 260 g/mol. The zero-order valence-electron chi connectivity index (χ0n) is 10.6. The van der Waals surface area contributed by atoms with E-state index in [1.165, 1.54) is 41.5 Å². The number of benzene rings is 1. The summed E-state index contributed by atoms with van der Waals surface area (Å²) in [4.78, 5) is 0. The number of thiophene rings is 1. The van der Waals surface area contributed by atoms with E-state index in [1.54, 1.807) is 11.3 Å². The summed E-state index contributed by atoms with van der Waals surface area (Å²) in [6, 6.07) is 9.41. The Morgan fingerprint density at radius 2 is 2.11 bits per heavy atom. The van der Waals surface area contributed by atoms with Crippen LogP contribution in [0.15, 0.2) is 29.6 Å². The van der Waals surface area contributed by atoms with E-state index in [2.05, 4.69) is 35.0 Å². The molecule has 2 nitrogen and oxygen atoms in total. The number of hydrogen-bond acceptors (Lipinski definition) is 3. The van der Waals surface area contributed by atoms with Crippen LogP contribution in [0.2, 0.25) is 0 Å². The molecule has 0 bridgehead atoms. The standard InChI is InChI=1S/C15H20N2S/c16-10-12-3-1-2-4-14(12)17-13-5-6-15-11(9-13)7-8-18-15/h5-9,12,14,17H,1-4,10,16H2. The Morgan fingerprint density at radius 1 is 1.22 bits per heavy atom. The van der Waals surface area contributed by atoms with Gasteiger partial charge in [-0.3, -0.25) is 0 Å². The fourth-order valence-corrected chi connectivity index (χ4v) is 3.72. The molecule has 1 aliphatic carbocycles. The third-order valence-corrected chi connectivity index (χ3v) is 4.91. The summed E-state index contributed by atoms with van der Waals surface area (Å²) in [7, 11) is 0. The molecular weight excluding hydrogens is 240 g/mol. The second-order valence-electron chi connectivity index (χ2n) is 5.20. The summed E-state index contributed by atoms with van der Waals surface area (Å²) in [5.74, 6) is 0.636. The number of hydrogen-bond donors (Lipinski definition) is 2. The first kappa shape index (κ1) is 12.0. The van der Waals surface area contributed by atoms with Gasteiger partial charge in [-0.15, -0.1) is 11.3 Å². The minimum atomic E-state index is 0.555. The zero-order valence-corrected chi connectivity index (χ0v) is 11.4. The summed E-state index contributed by atoms with van der Waals surface area (Å²) < 4.78 is 1.36. The van der Waals surface area contributed by atoms with E-state index in [9.17, 15) is 0 Å². The highest BCUT2D eigenvalue weighted by Crippen LogP contribution is 2.29. The van der Waals surface area contributed by atoms with Crippen molar-refractivity contribution < 1.29 is 0 Å². The molecular formula is C15H20N2S. The van der Waals surface area contributed by atoms with Crippen molar-refractivity contribution in [3.63, 3.8) is 0 Å². The first-order chi connectivity index (χ1) is 8.86. The molecule has 0 spiro atoms. The first-order valence-electron chi connectivity index (χ1n) is 6.80. The first-order valence-corrected chi connectivity index (χ1v) is 7.68. The van der Waals surface area contributed by atoms with Crippen molar-refractivity contribution in [3.05, 3.63) is 29.6 Å². The van der Waals surface area contributed by atoms with Gasteiger partial charge in [0.05, 0.1) is 0 Å². The largest absolute Gasteiger partial charge is 0.382 e. The molecule has 1 aromatic carbocycles. The van der Waals surface area contributed by atoms with E-state index in [-0.39, 0.29) is 0 Å². The molecule has 18 heavy (non-hydrogen) atoms. The second-order valence-corrected chi connectivity index (χ2v) is 6.15. The van der Waals surface area contributed by atoms with Crippen molar-refractivity contribution in [2.24, 2.45) is 11.7 Å². The van der Waals surface area contributed by atoms with Crippen molar-refractivity contribution in [2.45, 2.75) is 31.7 Å². The summed E-state index contributed by atoms with van der Waals surface area (Å²) in [5, 5.41) is 7.18. The van der Waals surface area contributed by atoms with Gasteiger partial charge in [-0.25, -0.2) is 0 Å². The van der Waals surface area contributed by atoms with Gasteiger partial charge in [-0.05, 0) is 60.3 Å². The van der Waals surface area contributed by atoms with Gasteiger partial charge < -0.3 is 11.1 Å². The summed E-state index contributed by atoms with van der Waals surface area (Å²) in [6.45, 7) is 0.804. The quantitative estimate of drug-likeness (QED) is 0.880. The Kier molecular flexibility index (Phi) is 3.52. The van der Waals surface area contributed by atoms with Gasteiger partial charge in [-0.1, -0.05) is 12.8 Å². The smallest absolute Gasteiger partial charge is 0.0349 e. The zero-order chi connectivity index (χ0) is 12.4. The summed E-state index contributed by atoms with van der Waals surface area (Å²) in [6.07, 6.45) is 5.19. The van der Waals surface area contributed by atoms with E-state index in [0.29, 0.717) is 12.0 Å². The lowest BCUT2D eigenvalue weighted by atomic mass is 9.84. The van der Waals surface area contributed by atoms with E-state index < -0.39 is 0 Å². The van der Waals surface area contributed by atoms with Gasteiger partial charge in [0.2, 0.25) is 0 Å². The molecule has 96 valence electrons. The normalized spacial score (nSPS) is 24.3. The Balaban J connectivity index is 1.77. The molecule has 3 rings (SSSR count). The number of nitrogens with one attached hydrogen (secondary N) is 1. The summed E-state index contributed by atoms with van der Waals surface area (Å²) >= 11 is 1.80. The Hall–Kier alpha value is -1.06. The van der Waals surface area contributed by atoms with Crippen LogP contribution in [0.25, 0.3) is 10.1 Å². The minimum Gasteiger partial charge on any atom is -0.382 e. The molecule has 1 fully saturated rings. The van der Waals surface area contributed by atoms with Crippen molar-refractivity contribution in [1.82, 2.24) is 0 Å². The SMILES string of the molecule is NCC1CCCCC1Nc1ccc2sccc2c1. The number of fused-ring (bicyclic) bond motifs is 1. The molecule has 0 aliphatic heterocycles. The molecule has 1 heterocycles. The monoisotopic (exact) mass is 260 g/mol. The highest BCUT2D eigenvalue weighted by Gasteiger charge is 2.23. The molecule has 1 aliphatic rings. The molecule has 3 heteroatoms. The average Bonchev–Trinajstić information content (AvgIpc) is 2.87. The van der Waals surface area contributed by atoms with Crippen LogP contribution in [0.5, 0.6) is 0 Å². The molecule has 0 radical (unpaired) electrons. The number of anilines is 1. The third kappa shape index (κ3) is 2.38. The Bertz CT molecular complexity index is 520. The van der Waals surface area contributed by atoms with Crippen molar-refractivity contribution in [3.8, 4) is 0 Å². The molecule has 1 aromatic heterocycles. The molecule has 0 saturated heterocycles. The van der Waals surface area contributed by atoms with Gasteiger partial charge in [0, 0.05) is 16.4 Å². The van der Waals surface area contributed by atoms with Gasteiger partial charge in [-0.2, -0.15) is 0 Å². The van der Waals surface area contributed by atoms with Crippen LogP contribution in [0.4, 0.5) is 5.69 Å².